The Morgan fingerprint density at radius 3 is 2.62 bits per heavy atom. The maximum Gasteiger partial charge on any atom is 0.349 e. The normalized spacial score (nSPS) is 14.0. The van der Waals surface area contributed by atoms with E-state index < -0.39 is 5.63 Å². The molecular weight excluding hydrogens is 412 g/mol. The summed E-state index contributed by atoms with van der Waals surface area (Å²) in [5.41, 5.74) is -0.325. The highest BCUT2D eigenvalue weighted by atomic mass is 16.5. The summed E-state index contributed by atoms with van der Waals surface area (Å²) in [5, 5.41) is 4.83. The highest BCUT2D eigenvalue weighted by Crippen LogP contribution is 2.25. The van der Waals surface area contributed by atoms with Gasteiger partial charge in [0.15, 0.2) is 17.2 Å². The van der Waals surface area contributed by atoms with Crippen LogP contribution in [0.3, 0.4) is 0 Å². The number of rotatable bonds is 4. The molecule has 0 radical (unpaired) electrons. The number of methoxy groups -OCH3 is 1. The average molecular weight is 432 g/mol. The average Bonchev–Trinajstić information content (AvgIpc) is 3.38. The molecule has 0 atom stereocenters. The van der Waals surface area contributed by atoms with Crippen LogP contribution in [0.2, 0.25) is 0 Å². The number of para-hydroxylation sites is 1. The molecule has 10 nitrogen and oxygen atoms in total. The first kappa shape index (κ1) is 19.7. The van der Waals surface area contributed by atoms with Crippen molar-refractivity contribution < 1.29 is 13.9 Å². The van der Waals surface area contributed by atoms with Crippen LogP contribution in [0.15, 0.2) is 64.3 Å². The summed E-state index contributed by atoms with van der Waals surface area (Å²) in [6, 6.07) is 10.5. The SMILES string of the molecule is COc1cccc2cc(C(=O)N3CCN(c4cc(-n5cccn5)ncn4)CC3)c(=O)oc12. The molecule has 1 saturated heterocycles. The van der Waals surface area contributed by atoms with E-state index in [0.29, 0.717) is 48.7 Å². The van der Waals surface area contributed by atoms with Crippen molar-refractivity contribution in [3.05, 3.63) is 71.1 Å². The van der Waals surface area contributed by atoms with Gasteiger partial charge in [-0.3, -0.25) is 4.79 Å². The Labute approximate surface area is 182 Å². The van der Waals surface area contributed by atoms with E-state index in [4.69, 9.17) is 9.15 Å². The van der Waals surface area contributed by atoms with Crippen LogP contribution in [0, 0.1) is 0 Å². The van der Waals surface area contributed by atoms with Gasteiger partial charge in [0.2, 0.25) is 0 Å². The van der Waals surface area contributed by atoms with Gasteiger partial charge in [-0.2, -0.15) is 5.10 Å². The van der Waals surface area contributed by atoms with Crippen LogP contribution in [-0.2, 0) is 0 Å². The van der Waals surface area contributed by atoms with Gasteiger partial charge < -0.3 is 19.0 Å². The molecule has 1 aliphatic rings. The van der Waals surface area contributed by atoms with Gasteiger partial charge >= 0.3 is 5.63 Å². The number of hydrogen-bond donors (Lipinski definition) is 0. The zero-order valence-corrected chi connectivity index (χ0v) is 17.3. The van der Waals surface area contributed by atoms with Crippen molar-refractivity contribution in [2.45, 2.75) is 0 Å². The van der Waals surface area contributed by atoms with Crippen molar-refractivity contribution >= 4 is 22.7 Å². The Morgan fingerprint density at radius 1 is 1.06 bits per heavy atom. The summed E-state index contributed by atoms with van der Waals surface area (Å²) >= 11 is 0. The molecule has 0 unspecified atom stereocenters. The number of fused-ring (bicyclic) bond motifs is 1. The second-order valence-electron chi connectivity index (χ2n) is 7.29. The quantitative estimate of drug-likeness (QED) is 0.449. The first-order valence-corrected chi connectivity index (χ1v) is 10.1. The van der Waals surface area contributed by atoms with Gasteiger partial charge in [0, 0.05) is 50.0 Å². The smallest absolute Gasteiger partial charge is 0.349 e. The lowest BCUT2D eigenvalue weighted by atomic mass is 10.1. The maximum atomic E-state index is 13.1. The van der Waals surface area contributed by atoms with E-state index in [0.717, 1.165) is 5.82 Å². The van der Waals surface area contributed by atoms with Crippen LogP contribution in [0.1, 0.15) is 10.4 Å². The molecule has 5 rings (SSSR count). The largest absolute Gasteiger partial charge is 0.493 e. The van der Waals surface area contributed by atoms with Crippen molar-refractivity contribution in [1.82, 2.24) is 24.6 Å². The van der Waals surface area contributed by atoms with E-state index in [1.54, 1.807) is 40.0 Å². The van der Waals surface area contributed by atoms with Crippen LogP contribution < -0.4 is 15.3 Å². The van der Waals surface area contributed by atoms with Crippen LogP contribution in [0.4, 0.5) is 5.82 Å². The molecule has 1 aliphatic heterocycles. The lowest BCUT2D eigenvalue weighted by Gasteiger charge is -2.35. The monoisotopic (exact) mass is 432 g/mol. The number of nitrogens with zero attached hydrogens (tertiary/aromatic N) is 6. The van der Waals surface area contributed by atoms with E-state index >= 15 is 0 Å². The zero-order valence-electron chi connectivity index (χ0n) is 17.3. The van der Waals surface area contributed by atoms with Gasteiger partial charge in [0.05, 0.1) is 7.11 Å². The van der Waals surface area contributed by atoms with E-state index in [9.17, 15) is 9.59 Å². The number of ether oxygens (including phenoxy) is 1. The number of carbonyl (C=O) groups is 1. The Hall–Kier alpha value is -4.21. The van der Waals surface area contributed by atoms with Crippen molar-refractivity contribution in [2.24, 2.45) is 0 Å². The van der Waals surface area contributed by atoms with Gasteiger partial charge in [-0.25, -0.2) is 19.4 Å². The summed E-state index contributed by atoms with van der Waals surface area (Å²) in [6.45, 7) is 2.06. The minimum atomic E-state index is -0.672. The summed E-state index contributed by atoms with van der Waals surface area (Å²) in [5.74, 6) is 1.53. The minimum absolute atomic E-state index is 0.0159. The van der Waals surface area contributed by atoms with Crippen molar-refractivity contribution in [1.29, 1.82) is 0 Å². The molecule has 10 heteroatoms. The maximum absolute atomic E-state index is 13.1. The predicted octanol–water partition coefficient (Wildman–Crippen LogP) is 1.74. The Kier molecular flexibility index (Phi) is 5.02. The summed E-state index contributed by atoms with van der Waals surface area (Å²) in [6.07, 6.45) is 5.00. The molecule has 3 aromatic heterocycles. The van der Waals surface area contributed by atoms with Gasteiger partial charge in [-0.05, 0) is 18.2 Å². The highest BCUT2D eigenvalue weighted by molar-refractivity contribution is 5.97. The molecule has 1 fully saturated rings. The molecule has 0 saturated carbocycles. The molecule has 0 spiro atoms. The summed E-state index contributed by atoms with van der Waals surface area (Å²) in [7, 11) is 1.50. The third-order valence-electron chi connectivity index (χ3n) is 5.44. The van der Waals surface area contributed by atoms with E-state index in [1.807, 2.05) is 18.3 Å². The van der Waals surface area contributed by atoms with Gasteiger partial charge in [0.25, 0.3) is 5.91 Å². The lowest BCUT2D eigenvalue weighted by molar-refractivity contribution is 0.0742. The van der Waals surface area contributed by atoms with E-state index in [-0.39, 0.29) is 11.5 Å². The van der Waals surface area contributed by atoms with Crippen LogP contribution in [0.25, 0.3) is 16.8 Å². The standard InChI is InChI=1S/C22H20N6O4/c1-31-17-5-2-4-15-12-16(22(30)32-20(15)17)21(29)27-10-8-26(9-11-27)18-13-19(24-14-23-18)28-7-3-6-25-28/h2-7,12-14H,8-11H2,1H3. The van der Waals surface area contributed by atoms with Crippen LogP contribution in [0.5, 0.6) is 5.75 Å². The minimum Gasteiger partial charge on any atom is -0.493 e. The van der Waals surface area contributed by atoms with Gasteiger partial charge in [-0.15, -0.1) is 0 Å². The number of carbonyl (C=O) groups excluding carboxylic acids is 1. The van der Waals surface area contributed by atoms with Crippen molar-refractivity contribution in [3.8, 4) is 11.6 Å². The Morgan fingerprint density at radius 2 is 1.88 bits per heavy atom. The van der Waals surface area contributed by atoms with E-state index in [1.165, 1.54) is 13.4 Å². The van der Waals surface area contributed by atoms with Gasteiger partial charge in [-0.1, -0.05) is 12.1 Å². The lowest BCUT2D eigenvalue weighted by Crippen LogP contribution is -2.49. The topological polar surface area (TPSA) is 107 Å². The van der Waals surface area contributed by atoms with Gasteiger partial charge in [0.1, 0.15) is 17.7 Å². The number of piperazine rings is 1. The molecule has 0 aliphatic carbocycles. The fourth-order valence-electron chi connectivity index (χ4n) is 3.78. The summed E-state index contributed by atoms with van der Waals surface area (Å²) < 4.78 is 12.3. The zero-order chi connectivity index (χ0) is 22.1. The Balaban J connectivity index is 1.33. The fraction of sp³-hybridized carbons (Fsp3) is 0.227. The molecule has 0 bridgehead atoms. The molecule has 32 heavy (non-hydrogen) atoms. The molecule has 4 heterocycles. The number of amides is 1. The fourth-order valence-corrected chi connectivity index (χ4v) is 3.78. The van der Waals surface area contributed by atoms with E-state index in [2.05, 4.69) is 20.0 Å². The Bertz CT molecular complexity index is 1330. The number of hydrogen-bond acceptors (Lipinski definition) is 8. The predicted molar refractivity (Wildman–Crippen MR) is 116 cm³/mol. The first-order chi connectivity index (χ1) is 15.6. The molecule has 162 valence electrons. The molecule has 1 amide bonds. The molecule has 1 aromatic carbocycles. The first-order valence-electron chi connectivity index (χ1n) is 10.1. The third-order valence-corrected chi connectivity index (χ3v) is 5.44. The molecule has 0 N–H and O–H groups in total. The highest BCUT2D eigenvalue weighted by Gasteiger charge is 2.26. The molecular formula is C22H20N6O4. The van der Waals surface area contributed by atoms with Crippen LogP contribution in [-0.4, -0.2) is 63.8 Å². The van der Waals surface area contributed by atoms with Crippen molar-refractivity contribution in [3.63, 3.8) is 0 Å². The second-order valence-corrected chi connectivity index (χ2v) is 7.29. The van der Waals surface area contributed by atoms with Crippen molar-refractivity contribution in [2.75, 3.05) is 38.2 Å². The van der Waals surface area contributed by atoms with Crippen LogP contribution >= 0.6 is 0 Å². The number of benzene rings is 1. The second kappa shape index (κ2) is 8.14. The third kappa shape index (κ3) is 3.55. The molecule has 4 aromatic rings. The number of aromatic nitrogens is 4. The number of anilines is 1. The summed E-state index contributed by atoms with van der Waals surface area (Å²) in [4.78, 5) is 37.9.